The molecule has 1 aliphatic heterocycles. The molecule has 3 atom stereocenters. The van der Waals surface area contributed by atoms with Crippen LogP contribution in [0.25, 0.3) is 0 Å². The molecule has 3 aliphatic carbocycles. The number of carbonyl (C=O) groups excluding carboxylic acids is 2. The van der Waals surface area contributed by atoms with Gasteiger partial charge in [-0.05, 0) is 63.7 Å². The van der Waals surface area contributed by atoms with Gasteiger partial charge < -0.3 is 9.80 Å². The minimum absolute atomic E-state index is 0.0185. The fourth-order valence-electron chi connectivity index (χ4n) is 5.40. The maximum Gasteiger partial charge on any atom is 0.391 e. The highest BCUT2D eigenvalue weighted by Crippen LogP contribution is 2.48. The largest absolute Gasteiger partial charge is 0.391 e. The Hall–Kier alpha value is -1.05. The zero-order valence-electron chi connectivity index (χ0n) is 16.3. The van der Waals surface area contributed by atoms with Crippen molar-refractivity contribution in [3.05, 3.63) is 0 Å². The summed E-state index contributed by atoms with van der Waals surface area (Å²) in [6.07, 6.45) is -2.07. The predicted octanol–water partition coefficient (Wildman–Crippen LogP) is 4.06. The quantitative estimate of drug-likeness (QED) is 0.492. The van der Waals surface area contributed by atoms with Gasteiger partial charge in [-0.2, -0.15) is 13.2 Å². The number of nitrogens with zero attached hydrogens (tertiary/aromatic N) is 2. The second-order valence-electron chi connectivity index (χ2n) is 9.22. The first-order chi connectivity index (χ1) is 13.6. The van der Waals surface area contributed by atoms with Crippen LogP contribution in [0.3, 0.4) is 0 Å². The lowest BCUT2D eigenvalue weighted by Crippen LogP contribution is -2.66. The molecule has 3 unspecified atom stereocenters. The van der Waals surface area contributed by atoms with Crippen LogP contribution in [-0.4, -0.2) is 64.0 Å². The Balaban J connectivity index is 1.41. The highest BCUT2D eigenvalue weighted by atomic mass is 35.5. The molecule has 4 aliphatic rings. The van der Waals surface area contributed by atoms with Crippen molar-refractivity contribution < 1.29 is 27.2 Å². The van der Waals surface area contributed by atoms with Crippen molar-refractivity contribution in [3.63, 3.8) is 0 Å². The van der Waals surface area contributed by atoms with Gasteiger partial charge in [0.15, 0.2) is 0 Å². The second kappa shape index (κ2) is 7.57. The number of hydrogen-bond donors (Lipinski definition) is 0. The van der Waals surface area contributed by atoms with E-state index in [-0.39, 0.29) is 48.9 Å². The molecule has 3 saturated carbocycles. The summed E-state index contributed by atoms with van der Waals surface area (Å²) in [6, 6.07) is -0.608. The van der Waals surface area contributed by atoms with Gasteiger partial charge >= 0.3 is 6.18 Å². The summed E-state index contributed by atoms with van der Waals surface area (Å²) < 4.78 is 53.2. The monoisotopic (exact) mass is 438 g/mol. The highest BCUT2D eigenvalue weighted by Gasteiger charge is 2.62. The fraction of sp³-hybridized carbons (Fsp3) is 0.900. The van der Waals surface area contributed by atoms with Crippen molar-refractivity contribution in [2.75, 3.05) is 13.1 Å². The minimum atomic E-state index is -4.16. The van der Waals surface area contributed by atoms with E-state index >= 15 is 0 Å². The molecular weight excluding hydrogens is 412 g/mol. The zero-order chi connectivity index (χ0) is 21.0. The Labute approximate surface area is 172 Å². The molecule has 1 heterocycles. The molecule has 0 aromatic heterocycles. The molecular formula is C20H27ClF4N2O2. The lowest BCUT2D eigenvalue weighted by Gasteiger charge is -2.47. The van der Waals surface area contributed by atoms with Crippen molar-refractivity contribution in [2.24, 2.45) is 11.8 Å². The van der Waals surface area contributed by atoms with Crippen LogP contribution in [0.4, 0.5) is 17.6 Å². The molecule has 0 N–H and O–H groups in total. The third-order valence-corrected chi connectivity index (χ3v) is 7.73. The SMILES string of the molecule is O=C1CN(C2CCC(Cl)CC2F)C(=O)C2(CC2)N1CC1CCC(C(F)(F)F)CC1. The van der Waals surface area contributed by atoms with E-state index in [4.69, 9.17) is 11.6 Å². The van der Waals surface area contributed by atoms with Crippen molar-refractivity contribution in [1.82, 2.24) is 9.80 Å². The average molecular weight is 439 g/mol. The number of amides is 2. The van der Waals surface area contributed by atoms with E-state index in [1.54, 1.807) is 4.90 Å². The smallest absolute Gasteiger partial charge is 0.326 e. The number of carbonyl (C=O) groups is 2. The van der Waals surface area contributed by atoms with E-state index in [2.05, 4.69) is 0 Å². The van der Waals surface area contributed by atoms with Gasteiger partial charge in [0.25, 0.3) is 0 Å². The van der Waals surface area contributed by atoms with Gasteiger partial charge in [0, 0.05) is 11.9 Å². The molecule has 0 aromatic rings. The topological polar surface area (TPSA) is 40.6 Å². The van der Waals surface area contributed by atoms with Crippen LogP contribution in [-0.2, 0) is 9.59 Å². The summed E-state index contributed by atoms with van der Waals surface area (Å²) in [5, 5.41) is -0.241. The lowest BCUT2D eigenvalue weighted by atomic mass is 9.81. The second-order valence-corrected chi connectivity index (χ2v) is 9.84. The first kappa shape index (κ1) is 21.2. The Kier molecular flexibility index (Phi) is 5.53. The van der Waals surface area contributed by atoms with E-state index in [9.17, 15) is 27.2 Å². The fourth-order valence-corrected chi connectivity index (χ4v) is 5.70. The summed E-state index contributed by atoms with van der Waals surface area (Å²) in [5.41, 5.74) is -0.895. The first-order valence-electron chi connectivity index (χ1n) is 10.6. The number of alkyl halides is 5. The normalized spacial score (nSPS) is 37.9. The summed E-state index contributed by atoms with van der Waals surface area (Å²) in [7, 11) is 0. The van der Waals surface area contributed by atoms with Crippen LogP contribution < -0.4 is 0 Å². The van der Waals surface area contributed by atoms with Crippen molar-refractivity contribution in [3.8, 4) is 0 Å². The standard InChI is InChI=1S/C20H27ClF4N2O2/c21-14-5-6-16(15(22)9-14)26-11-17(28)27(19(7-8-19)18(26)29)10-12-1-3-13(4-2-12)20(23,24)25/h12-16H,1-11H2. The highest BCUT2D eigenvalue weighted by molar-refractivity contribution is 6.20. The van der Waals surface area contributed by atoms with Gasteiger partial charge in [-0.25, -0.2) is 4.39 Å². The number of halogens is 5. The van der Waals surface area contributed by atoms with E-state index in [1.165, 1.54) is 4.90 Å². The van der Waals surface area contributed by atoms with Crippen LogP contribution in [0.15, 0.2) is 0 Å². The molecule has 9 heteroatoms. The van der Waals surface area contributed by atoms with Gasteiger partial charge in [0.1, 0.15) is 18.3 Å². The molecule has 0 radical (unpaired) electrons. The van der Waals surface area contributed by atoms with E-state index in [1.807, 2.05) is 0 Å². The minimum Gasteiger partial charge on any atom is -0.326 e. The van der Waals surface area contributed by atoms with Crippen LogP contribution >= 0.6 is 11.6 Å². The van der Waals surface area contributed by atoms with E-state index < -0.39 is 29.8 Å². The molecule has 1 spiro atoms. The Bertz CT molecular complexity index is 661. The Morgan fingerprint density at radius 2 is 1.69 bits per heavy atom. The van der Waals surface area contributed by atoms with Gasteiger partial charge in [0.05, 0.1) is 12.0 Å². The Morgan fingerprint density at radius 3 is 2.24 bits per heavy atom. The van der Waals surface area contributed by atoms with Gasteiger partial charge in [0.2, 0.25) is 11.8 Å². The summed E-state index contributed by atoms with van der Waals surface area (Å²) >= 11 is 6.03. The summed E-state index contributed by atoms with van der Waals surface area (Å²) in [6.45, 7) is 0.187. The zero-order valence-corrected chi connectivity index (χ0v) is 17.0. The third kappa shape index (κ3) is 3.98. The molecule has 4 rings (SSSR count). The van der Waals surface area contributed by atoms with Crippen LogP contribution in [0.5, 0.6) is 0 Å². The molecule has 0 aromatic carbocycles. The van der Waals surface area contributed by atoms with Gasteiger partial charge in [-0.3, -0.25) is 9.59 Å². The summed E-state index contributed by atoms with van der Waals surface area (Å²) in [5.74, 6) is -1.68. The van der Waals surface area contributed by atoms with Gasteiger partial charge in [-0.15, -0.1) is 11.6 Å². The van der Waals surface area contributed by atoms with Crippen molar-refractivity contribution in [2.45, 2.75) is 87.1 Å². The van der Waals surface area contributed by atoms with Crippen LogP contribution in [0.1, 0.15) is 57.8 Å². The third-order valence-electron chi connectivity index (χ3n) is 7.33. The maximum atomic E-state index is 14.6. The molecule has 29 heavy (non-hydrogen) atoms. The van der Waals surface area contributed by atoms with E-state index in [0.29, 0.717) is 45.1 Å². The maximum absolute atomic E-state index is 14.6. The Morgan fingerprint density at radius 1 is 1.03 bits per heavy atom. The molecule has 164 valence electrons. The van der Waals surface area contributed by atoms with Gasteiger partial charge in [-0.1, -0.05) is 0 Å². The molecule has 4 nitrogen and oxygen atoms in total. The average Bonchev–Trinajstić information content (AvgIpc) is 3.44. The van der Waals surface area contributed by atoms with Crippen molar-refractivity contribution in [1.29, 1.82) is 0 Å². The predicted molar refractivity (Wildman–Crippen MR) is 99.1 cm³/mol. The van der Waals surface area contributed by atoms with Crippen molar-refractivity contribution >= 4 is 23.4 Å². The lowest BCUT2D eigenvalue weighted by molar-refractivity contribution is -0.185. The molecule has 1 saturated heterocycles. The summed E-state index contributed by atoms with van der Waals surface area (Å²) in [4.78, 5) is 29.1. The molecule has 0 bridgehead atoms. The molecule has 4 fully saturated rings. The first-order valence-corrected chi connectivity index (χ1v) is 11.0. The number of hydrogen-bond acceptors (Lipinski definition) is 2. The number of piperazine rings is 1. The van der Waals surface area contributed by atoms with Crippen LogP contribution in [0.2, 0.25) is 0 Å². The number of rotatable bonds is 3. The molecule has 2 amide bonds. The van der Waals surface area contributed by atoms with E-state index in [0.717, 1.165) is 0 Å². The van der Waals surface area contributed by atoms with Crippen LogP contribution in [0, 0.1) is 11.8 Å².